The second-order valence-corrected chi connectivity index (χ2v) is 7.74. The molecule has 0 aromatic carbocycles. The smallest absolute Gasteiger partial charge is 0.151 e. The maximum absolute atomic E-state index is 11.5. The van der Waals surface area contributed by atoms with Gasteiger partial charge in [0.05, 0.1) is 11.5 Å². The molecule has 0 aromatic heterocycles. The van der Waals surface area contributed by atoms with Gasteiger partial charge in [0, 0.05) is 37.3 Å². The van der Waals surface area contributed by atoms with Crippen molar-refractivity contribution in [3.8, 4) is 0 Å². The maximum Gasteiger partial charge on any atom is 0.151 e. The van der Waals surface area contributed by atoms with Crippen LogP contribution in [0, 0.1) is 0 Å². The van der Waals surface area contributed by atoms with Crippen molar-refractivity contribution in [1.82, 2.24) is 4.90 Å². The molecular formula is C11H20BrNO3S. The van der Waals surface area contributed by atoms with E-state index in [4.69, 9.17) is 4.74 Å². The molecule has 0 bridgehead atoms. The lowest BCUT2D eigenvalue weighted by Gasteiger charge is -2.27. The number of ether oxygens (including phenoxy) is 1. The molecule has 1 saturated heterocycles. The van der Waals surface area contributed by atoms with E-state index in [0.29, 0.717) is 18.9 Å². The summed E-state index contributed by atoms with van der Waals surface area (Å²) in [6.07, 6.45) is 1.64. The summed E-state index contributed by atoms with van der Waals surface area (Å²) < 4.78 is 28.9. The highest BCUT2D eigenvalue weighted by Gasteiger charge is 2.31. The number of halogens is 1. The van der Waals surface area contributed by atoms with E-state index in [2.05, 4.69) is 27.4 Å². The Morgan fingerprint density at radius 2 is 2.29 bits per heavy atom. The van der Waals surface area contributed by atoms with E-state index in [1.807, 2.05) is 0 Å². The number of methoxy groups -OCH3 is 1. The van der Waals surface area contributed by atoms with Crippen molar-refractivity contribution in [2.45, 2.75) is 18.9 Å². The van der Waals surface area contributed by atoms with Crippen LogP contribution in [0.5, 0.6) is 0 Å². The van der Waals surface area contributed by atoms with Crippen LogP contribution in [0.3, 0.4) is 0 Å². The Morgan fingerprint density at radius 1 is 1.59 bits per heavy atom. The molecule has 0 aromatic rings. The SMILES string of the molecule is C=C(Br)CN(CCCOC)[C@@H]1CCS(=O)(=O)C1. The molecule has 1 aliphatic heterocycles. The van der Waals surface area contributed by atoms with E-state index >= 15 is 0 Å². The van der Waals surface area contributed by atoms with E-state index < -0.39 is 9.84 Å². The lowest BCUT2D eigenvalue weighted by Crippen LogP contribution is -2.38. The number of sulfone groups is 1. The molecule has 0 amide bonds. The fourth-order valence-electron chi connectivity index (χ4n) is 2.09. The topological polar surface area (TPSA) is 46.6 Å². The Hall–Kier alpha value is 0.0900. The molecule has 4 nitrogen and oxygen atoms in total. The molecule has 0 aliphatic carbocycles. The van der Waals surface area contributed by atoms with Crippen molar-refractivity contribution in [3.63, 3.8) is 0 Å². The maximum atomic E-state index is 11.5. The van der Waals surface area contributed by atoms with Crippen LogP contribution in [0.4, 0.5) is 0 Å². The van der Waals surface area contributed by atoms with Crippen molar-refractivity contribution in [2.24, 2.45) is 0 Å². The number of rotatable bonds is 7. The second-order valence-electron chi connectivity index (χ2n) is 4.39. The Bertz CT molecular complexity index is 356. The summed E-state index contributed by atoms with van der Waals surface area (Å²) in [7, 11) is -1.15. The van der Waals surface area contributed by atoms with Gasteiger partial charge in [0.25, 0.3) is 0 Å². The highest BCUT2D eigenvalue weighted by molar-refractivity contribution is 9.11. The molecule has 100 valence electrons. The van der Waals surface area contributed by atoms with Crippen molar-refractivity contribution in [1.29, 1.82) is 0 Å². The van der Waals surface area contributed by atoms with Crippen molar-refractivity contribution < 1.29 is 13.2 Å². The van der Waals surface area contributed by atoms with Crippen LogP contribution in [0.25, 0.3) is 0 Å². The van der Waals surface area contributed by atoms with Gasteiger partial charge in [0.1, 0.15) is 0 Å². The molecule has 6 heteroatoms. The van der Waals surface area contributed by atoms with Crippen LogP contribution in [0.2, 0.25) is 0 Å². The van der Waals surface area contributed by atoms with Crippen molar-refractivity contribution in [3.05, 3.63) is 11.1 Å². The molecular weight excluding hydrogens is 306 g/mol. The van der Waals surface area contributed by atoms with E-state index in [9.17, 15) is 8.42 Å². The molecule has 1 atom stereocenters. The van der Waals surface area contributed by atoms with Gasteiger partial charge in [0.2, 0.25) is 0 Å². The normalized spacial score (nSPS) is 23.1. The minimum Gasteiger partial charge on any atom is -0.385 e. The zero-order valence-corrected chi connectivity index (χ0v) is 12.6. The largest absolute Gasteiger partial charge is 0.385 e. The van der Waals surface area contributed by atoms with Gasteiger partial charge in [-0.2, -0.15) is 0 Å². The van der Waals surface area contributed by atoms with Gasteiger partial charge in [0.15, 0.2) is 9.84 Å². The minimum atomic E-state index is -2.82. The zero-order chi connectivity index (χ0) is 12.9. The van der Waals surface area contributed by atoms with E-state index in [1.54, 1.807) is 7.11 Å². The van der Waals surface area contributed by atoms with E-state index in [0.717, 1.165) is 23.9 Å². The number of hydrogen-bond donors (Lipinski definition) is 0. The predicted molar refractivity (Wildman–Crippen MR) is 73.2 cm³/mol. The van der Waals surface area contributed by atoms with Gasteiger partial charge in [-0.15, -0.1) is 0 Å². The third-order valence-corrected chi connectivity index (χ3v) is 4.89. The van der Waals surface area contributed by atoms with Crippen LogP contribution >= 0.6 is 15.9 Å². The molecule has 1 rings (SSSR count). The summed E-state index contributed by atoms with van der Waals surface area (Å²) in [5.74, 6) is 0.591. The average Bonchev–Trinajstić information content (AvgIpc) is 2.57. The highest BCUT2D eigenvalue weighted by atomic mass is 79.9. The molecule has 0 unspecified atom stereocenters. The van der Waals surface area contributed by atoms with Gasteiger partial charge >= 0.3 is 0 Å². The standard InChI is InChI=1S/C11H20BrNO3S/c1-10(12)8-13(5-3-6-16-2)11-4-7-17(14,15)9-11/h11H,1,3-9H2,2H3/t11-/m1/s1. The first kappa shape index (κ1) is 15.1. The summed E-state index contributed by atoms with van der Waals surface area (Å²) in [4.78, 5) is 2.18. The summed E-state index contributed by atoms with van der Waals surface area (Å²) in [6.45, 7) is 6.07. The molecule has 1 fully saturated rings. The summed E-state index contributed by atoms with van der Waals surface area (Å²) in [5, 5.41) is 0. The molecule has 17 heavy (non-hydrogen) atoms. The Balaban J connectivity index is 2.53. The van der Waals surface area contributed by atoms with Gasteiger partial charge in [-0.05, 0) is 12.8 Å². The first-order chi connectivity index (χ1) is 7.94. The molecule has 0 spiro atoms. The number of nitrogens with zero attached hydrogens (tertiary/aromatic N) is 1. The van der Waals surface area contributed by atoms with Crippen LogP contribution in [-0.2, 0) is 14.6 Å². The van der Waals surface area contributed by atoms with Gasteiger partial charge in [-0.25, -0.2) is 8.42 Å². The minimum absolute atomic E-state index is 0.131. The fourth-order valence-corrected chi connectivity index (χ4v) is 4.17. The summed E-state index contributed by atoms with van der Waals surface area (Å²) in [5.41, 5.74) is 0. The lowest BCUT2D eigenvalue weighted by atomic mass is 10.2. The molecule has 1 heterocycles. The quantitative estimate of drug-likeness (QED) is 0.664. The van der Waals surface area contributed by atoms with E-state index in [-0.39, 0.29) is 11.8 Å². The van der Waals surface area contributed by atoms with E-state index in [1.165, 1.54) is 0 Å². The van der Waals surface area contributed by atoms with Gasteiger partial charge < -0.3 is 4.74 Å². The van der Waals surface area contributed by atoms with Crippen LogP contribution in [-0.4, -0.2) is 57.7 Å². The first-order valence-corrected chi connectivity index (χ1v) is 8.33. The van der Waals surface area contributed by atoms with Crippen LogP contribution in [0.1, 0.15) is 12.8 Å². The Morgan fingerprint density at radius 3 is 2.76 bits per heavy atom. The third-order valence-electron chi connectivity index (χ3n) is 2.89. The average molecular weight is 326 g/mol. The van der Waals surface area contributed by atoms with Crippen molar-refractivity contribution >= 4 is 25.8 Å². The lowest BCUT2D eigenvalue weighted by molar-refractivity contribution is 0.162. The van der Waals surface area contributed by atoms with Gasteiger partial charge in [-0.3, -0.25) is 4.90 Å². The monoisotopic (exact) mass is 325 g/mol. The number of hydrogen-bond acceptors (Lipinski definition) is 4. The molecule has 0 saturated carbocycles. The summed E-state index contributed by atoms with van der Waals surface area (Å²) in [6, 6.07) is 0.131. The second kappa shape index (κ2) is 6.87. The Labute approximate surface area is 112 Å². The third kappa shape index (κ3) is 5.50. The Kier molecular flexibility index (Phi) is 6.12. The van der Waals surface area contributed by atoms with Crippen LogP contribution in [0.15, 0.2) is 11.1 Å². The fraction of sp³-hybridized carbons (Fsp3) is 0.818. The van der Waals surface area contributed by atoms with Crippen molar-refractivity contribution in [2.75, 3.05) is 38.3 Å². The first-order valence-electron chi connectivity index (χ1n) is 5.71. The molecule has 0 radical (unpaired) electrons. The zero-order valence-electron chi connectivity index (χ0n) is 10.2. The molecule has 1 aliphatic rings. The molecule has 0 N–H and O–H groups in total. The van der Waals surface area contributed by atoms with Crippen LogP contribution < -0.4 is 0 Å². The summed E-state index contributed by atoms with van der Waals surface area (Å²) >= 11 is 3.34. The highest BCUT2D eigenvalue weighted by Crippen LogP contribution is 2.20. The van der Waals surface area contributed by atoms with Gasteiger partial charge in [-0.1, -0.05) is 22.5 Å². The predicted octanol–water partition coefficient (Wildman–Crippen LogP) is 1.42.